The summed E-state index contributed by atoms with van der Waals surface area (Å²) in [7, 11) is 1.65. The third-order valence-electron chi connectivity index (χ3n) is 4.18. The molecule has 0 aromatic heterocycles. The number of hydrogen-bond donors (Lipinski definition) is 0. The summed E-state index contributed by atoms with van der Waals surface area (Å²) < 4.78 is 5.17. The van der Waals surface area contributed by atoms with Crippen molar-refractivity contribution >= 4 is 27.5 Å². The summed E-state index contributed by atoms with van der Waals surface area (Å²) in [5.74, 6) is 1.02. The number of benzene rings is 1. The maximum Gasteiger partial charge on any atom is 0.237 e. The van der Waals surface area contributed by atoms with Gasteiger partial charge in [0.25, 0.3) is 0 Å². The van der Waals surface area contributed by atoms with Gasteiger partial charge in [0.2, 0.25) is 5.91 Å². The molecule has 21 heavy (non-hydrogen) atoms. The first kappa shape index (κ1) is 16.1. The largest absolute Gasteiger partial charge is 0.497 e. The molecule has 1 saturated heterocycles. The Kier molecular flexibility index (Phi) is 5.45. The van der Waals surface area contributed by atoms with Gasteiger partial charge in [-0.3, -0.25) is 4.79 Å². The summed E-state index contributed by atoms with van der Waals surface area (Å²) >= 11 is 3.42. The van der Waals surface area contributed by atoms with E-state index in [0.29, 0.717) is 0 Å². The average molecular weight is 352 g/mol. The number of alkyl halides is 1. The summed E-state index contributed by atoms with van der Waals surface area (Å²) in [4.78, 5) is 14.7. The molecule has 0 aliphatic carbocycles. The van der Waals surface area contributed by atoms with Crippen LogP contribution in [-0.2, 0) is 4.79 Å². The number of allylic oxidation sites excluding steroid dienone is 1. The second-order valence-corrected chi connectivity index (χ2v) is 6.09. The van der Waals surface area contributed by atoms with Gasteiger partial charge in [-0.15, -0.1) is 0 Å². The van der Waals surface area contributed by atoms with E-state index in [1.807, 2.05) is 29.2 Å². The zero-order valence-electron chi connectivity index (χ0n) is 12.6. The van der Waals surface area contributed by atoms with Crippen LogP contribution in [0.15, 0.2) is 36.4 Å². The fourth-order valence-corrected chi connectivity index (χ4v) is 3.03. The smallest absolute Gasteiger partial charge is 0.237 e. The van der Waals surface area contributed by atoms with Gasteiger partial charge in [-0.2, -0.15) is 0 Å². The van der Waals surface area contributed by atoms with Crippen molar-refractivity contribution in [3.63, 3.8) is 0 Å². The first-order chi connectivity index (χ1) is 10.2. The van der Waals surface area contributed by atoms with Gasteiger partial charge in [-0.25, -0.2) is 0 Å². The highest BCUT2D eigenvalue weighted by Gasteiger charge is 2.43. The first-order valence-electron chi connectivity index (χ1n) is 7.36. The van der Waals surface area contributed by atoms with Crippen molar-refractivity contribution in [1.82, 2.24) is 0 Å². The second kappa shape index (κ2) is 7.12. The van der Waals surface area contributed by atoms with E-state index in [4.69, 9.17) is 4.74 Å². The topological polar surface area (TPSA) is 29.5 Å². The van der Waals surface area contributed by atoms with Crippen LogP contribution < -0.4 is 9.64 Å². The molecular formula is C17H22BrNO2. The third-order valence-corrected chi connectivity index (χ3v) is 4.64. The lowest BCUT2D eigenvalue weighted by Gasteiger charge is -2.23. The van der Waals surface area contributed by atoms with Gasteiger partial charge in [-0.05, 0) is 43.5 Å². The maximum atomic E-state index is 12.8. The van der Waals surface area contributed by atoms with E-state index < -0.39 is 0 Å². The molecule has 0 unspecified atom stereocenters. The lowest BCUT2D eigenvalue weighted by molar-refractivity contribution is -0.123. The highest BCUT2D eigenvalue weighted by Crippen LogP contribution is 2.39. The Bertz CT molecular complexity index is 512. The Morgan fingerprint density at radius 3 is 2.67 bits per heavy atom. The van der Waals surface area contributed by atoms with Crippen molar-refractivity contribution in [2.24, 2.45) is 5.41 Å². The Balaban J connectivity index is 2.18. The number of ether oxygens (including phenoxy) is 1. The van der Waals surface area contributed by atoms with Gasteiger partial charge >= 0.3 is 0 Å². The van der Waals surface area contributed by atoms with Crippen molar-refractivity contribution < 1.29 is 9.53 Å². The zero-order valence-corrected chi connectivity index (χ0v) is 14.2. The molecule has 4 heteroatoms. The number of methoxy groups -OCH3 is 1. The Morgan fingerprint density at radius 1 is 1.38 bits per heavy atom. The predicted molar refractivity (Wildman–Crippen MR) is 90.2 cm³/mol. The van der Waals surface area contributed by atoms with E-state index in [1.165, 1.54) is 0 Å². The summed E-state index contributed by atoms with van der Waals surface area (Å²) in [6, 6.07) is 7.69. The lowest BCUT2D eigenvalue weighted by Crippen LogP contribution is -2.33. The highest BCUT2D eigenvalue weighted by molar-refractivity contribution is 9.09. The minimum absolute atomic E-state index is 0.209. The van der Waals surface area contributed by atoms with E-state index >= 15 is 0 Å². The van der Waals surface area contributed by atoms with Crippen LogP contribution in [0.2, 0.25) is 0 Å². The molecule has 0 radical (unpaired) electrons. The number of halogens is 1. The molecule has 1 aromatic rings. The van der Waals surface area contributed by atoms with Gasteiger partial charge in [0, 0.05) is 17.6 Å². The minimum atomic E-state index is -0.331. The van der Waals surface area contributed by atoms with E-state index in [9.17, 15) is 4.79 Å². The molecule has 0 N–H and O–H groups in total. The van der Waals surface area contributed by atoms with Crippen LogP contribution in [0.25, 0.3) is 0 Å². The molecule has 1 atom stereocenters. The number of carbonyl (C=O) groups is 1. The van der Waals surface area contributed by atoms with E-state index in [-0.39, 0.29) is 11.3 Å². The Labute approximate surface area is 135 Å². The van der Waals surface area contributed by atoms with E-state index in [0.717, 1.165) is 42.6 Å². The molecule has 1 aromatic carbocycles. The standard InChI is InChI=1S/C17H22BrNO2/c1-3-17(10-4-5-12-18)11-13-19(16(17)20)14-6-8-15(21-2)9-7-14/h4,6-10H,3,5,11-13H2,1-2H3/b10-4+/t17-/m1/s1. The van der Waals surface area contributed by atoms with Crippen molar-refractivity contribution in [3.8, 4) is 5.75 Å². The minimum Gasteiger partial charge on any atom is -0.497 e. The quantitative estimate of drug-likeness (QED) is 0.568. The van der Waals surface area contributed by atoms with Gasteiger partial charge in [0.15, 0.2) is 0 Å². The van der Waals surface area contributed by atoms with Gasteiger partial charge < -0.3 is 9.64 Å². The SMILES string of the molecule is CC[C@@]1(/C=C/CCBr)CCN(c2ccc(OC)cc2)C1=O. The fraction of sp³-hybridized carbons (Fsp3) is 0.471. The summed E-state index contributed by atoms with van der Waals surface area (Å²) in [6.07, 6.45) is 6.91. The molecule has 2 rings (SSSR count). The number of nitrogens with zero attached hydrogens (tertiary/aromatic N) is 1. The molecule has 1 heterocycles. The van der Waals surface area contributed by atoms with Crippen LogP contribution in [0.3, 0.4) is 0 Å². The molecule has 0 saturated carbocycles. The van der Waals surface area contributed by atoms with Crippen molar-refractivity contribution in [2.45, 2.75) is 26.2 Å². The van der Waals surface area contributed by atoms with Crippen LogP contribution in [-0.4, -0.2) is 24.9 Å². The number of carbonyl (C=O) groups excluding carboxylic acids is 1. The number of rotatable bonds is 6. The molecular weight excluding hydrogens is 330 g/mol. The molecule has 1 fully saturated rings. The molecule has 1 aliphatic heterocycles. The molecule has 0 spiro atoms. The molecule has 0 bridgehead atoms. The molecule has 1 amide bonds. The summed E-state index contributed by atoms with van der Waals surface area (Å²) in [6.45, 7) is 2.87. The zero-order chi connectivity index (χ0) is 15.3. The normalized spacial score (nSPS) is 22.2. The molecule has 1 aliphatic rings. The van der Waals surface area contributed by atoms with Gasteiger partial charge in [-0.1, -0.05) is 35.0 Å². The first-order valence-corrected chi connectivity index (χ1v) is 8.48. The second-order valence-electron chi connectivity index (χ2n) is 5.29. The number of hydrogen-bond acceptors (Lipinski definition) is 2. The third kappa shape index (κ3) is 3.31. The van der Waals surface area contributed by atoms with Crippen LogP contribution in [0.1, 0.15) is 26.2 Å². The van der Waals surface area contributed by atoms with Crippen LogP contribution in [0.4, 0.5) is 5.69 Å². The number of amides is 1. The summed E-state index contributed by atoms with van der Waals surface area (Å²) in [5.41, 5.74) is 0.618. The fourth-order valence-electron chi connectivity index (χ4n) is 2.77. The Hall–Kier alpha value is -1.29. The molecule has 3 nitrogen and oxygen atoms in total. The lowest BCUT2D eigenvalue weighted by atomic mass is 9.83. The van der Waals surface area contributed by atoms with Crippen molar-refractivity contribution in [2.75, 3.05) is 23.9 Å². The van der Waals surface area contributed by atoms with Crippen molar-refractivity contribution in [1.29, 1.82) is 0 Å². The van der Waals surface area contributed by atoms with E-state index in [2.05, 4.69) is 35.0 Å². The van der Waals surface area contributed by atoms with Crippen LogP contribution >= 0.6 is 15.9 Å². The maximum absolute atomic E-state index is 12.8. The van der Waals surface area contributed by atoms with Crippen molar-refractivity contribution in [3.05, 3.63) is 36.4 Å². The average Bonchev–Trinajstić information content (AvgIpc) is 2.85. The summed E-state index contributed by atoms with van der Waals surface area (Å²) in [5, 5.41) is 0.930. The highest BCUT2D eigenvalue weighted by atomic mass is 79.9. The predicted octanol–water partition coefficient (Wildman–Crippen LogP) is 4.17. The van der Waals surface area contributed by atoms with Crippen LogP contribution in [0.5, 0.6) is 5.75 Å². The van der Waals surface area contributed by atoms with Gasteiger partial charge in [0.05, 0.1) is 12.5 Å². The number of anilines is 1. The Morgan fingerprint density at radius 2 is 2.10 bits per heavy atom. The molecule has 114 valence electrons. The van der Waals surface area contributed by atoms with Gasteiger partial charge in [0.1, 0.15) is 5.75 Å². The van der Waals surface area contributed by atoms with E-state index in [1.54, 1.807) is 7.11 Å². The van der Waals surface area contributed by atoms with Crippen LogP contribution in [0, 0.1) is 5.41 Å². The monoisotopic (exact) mass is 351 g/mol.